The minimum Gasteiger partial charge on any atom is -0.301 e. The van der Waals surface area contributed by atoms with Gasteiger partial charge in [-0.3, -0.25) is 0 Å². The summed E-state index contributed by atoms with van der Waals surface area (Å²) in [6.45, 7) is 3.56. The predicted molar refractivity (Wildman–Crippen MR) is 60.5 cm³/mol. The standard InChI is InChI=1S/C11H13F2N5/c1-6(9-5-8(12)3-4-10(9)13)14-7(2)11-15-17-18-16-11/h3-7,14H,1-2H3,(H,15,16,17,18). The molecule has 0 bridgehead atoms. The molecule has 2 atom stereocenters. The summed E-state index contributed by atoms with van der Waals surface area (Å²) in [5.74, 6) is -0.442. The predicted octanol–water partition coefficient (Wildman–Crippen LogP) is 1.89. The number of H-pyrrole nitrogens is 1. The number of tetrazole rings is 1. The zero-order valence-electron chi connectivity index (χ0n) is 9.98. The van der Waals surface area contributed by atoms with E-state index in [9.17, 15) is 8.78 Å². The molecule has 1 heterocycles. The third kappa shape index (κ3) is 2.67. The normalized spacial score (nSPS) is 14.4. The van der Waals surface area contributed by atoms with Gasteiger partial charge in [0.05, 0.1) is 6.04 Å². The summed E-state index contributed by atoms with van der Waals surface area (Å²) in [5.41, 5.74) is 0.269. The summed E-state index contributed by atoms with van der Waals surface area (Å²) in [7, 11) is 0. The van der Waals surface area contributed by atoms with E-state index in [1.807, 2.05) is 6.92 Å². The van der Waals surface area contributed by atoms with Crippen molar-refractivity contribution < 1.29 is 8.78 Å². The van der Waals surface area contributed by atoms with E-state index in [0.717, 1.165) is 12.1 Å². The minimum absolute atomic E-state index is 0.221. The number of hydrogen-bond acceptors (Lipinski definition) is 4. The molecule has 2 N–H and O–H groups in total. The molecule has 0 saturated carbocycles. The van der Waals surface area contributed by atoms with Gasteiger partial charge in [0.1, 0.15) is 11.6 Å². The Morgan fingerprint density at radius 2 is 2.00 bits per heavy atom. The molecule has 5 nitrogen and oxygen atoms in total. The van der Waals surface area contributed by atoms with E-state index in [2.05, 4.69) is 25.9 Å². The summed E-state index contributed by atoms with van der Waals surface area (Å²) < 4.78 is 26.6. The van der Waals surface area contributed by atoms with Gasteiger partial charge < -0.3 is 5.32 Å². The topological polar surface area (TPSA) is 66.5 Å². The molecule has 2 aromatic rings. The molecule has 0 fully saturated rings. The monoisotopic (exact) mass is 253 g/mol. The van der Waals surface area contributed by atoms with E-state index >= 15 is 0 Å². The van der Waals surface area contributed by atoms with Gasteiger partial charge in [-0.25, -0.2) is 8.78 Å². The molecule has 0 aliphatic rings. The fraction of sp³-hybridized carbons (Fsp3) is 0.364. The number of halogens is 2. The number of benzene rings is 1. The van der Waals surface area contributed by atoms with Crippen LogP contribution in [0.25, 0.3) is 0 Å². The van der Waals surface area contributed by atoms with Crippen LogP contribution < -0.4 is 5.32 Å². The average molecular weight is 253 g/mol. The molecule has 2 rings (SSSR count). The smallest absolute Gasteiger partial charge is 0.191 e. The van der Waals surface area contributed by atoms with Gasteiger partial charge in [-0.15, -0.1) is 10.2 Å². The Bertz CT molecular complexity index is 514. The third-order valence-corrected chi connectivity index (χ3v) is 2.67. The number of nitrogens with zero attached hydrogens (tertiary/aromatic N) is 3. The van der Waals surface area contributed by atoms with E-state index < -0.39 is 11.6 Å². The Morgan fingerprint density at radius 1 is 1.22 bits per heavy atom. The second-order valence-corrected chi connectivity index (χ2v) is 4.05. The fourth-order valence-corrected chi connectivity index (χ4v) is 1.74. The van der Waals surface area contributed by atoms with Crippen molar-refractivity contribution in [3.8, 4) is 0 Å². The molecule has 2 unspecified atom stereocenters. The Labute approximate surface area is 103 Å². The van der Waals surface area contributed by atoms with Crippen LogP contribution in [0.4, 0.5) is 8.78 Å². The van der Waals surface area contributed by atoms with Gasteiger partial charge in [-0.2, -0.15) is 5.21 Å². The Hall–Kier alpha value is -1.89. The first kappa shape index (κ1) is 12.6. The number of aromatic nitrogens is 4. The molecule has 1 aromatic carbocycles. The molecule has 0 saturated heterocycles. The maximum atomic E-state index is 13.6. The van der Waals surface area contributed by atoms with Gasteiger partial charge in [-0.1, -0.05) is 5.21 Å². The van der Waals surface area contributed by atoms with Crippen LogP contribution in [0.3, 0.4) is 0 Å². The molecule has 0 aliphatic heterocycles. The molecule has 0 radical (unpaired) electrons. The van der Waals surface area contributed by atoms with Gasteiger partial charge in [0.15, 0.2) is 5.82 Å². The van der Waals surface area contributed by atoms with E-state index in [4.69, 9.17) is 0 Å². The fourth-order valence-electron chi connectivity index (χ4n) is 1.74. The molecule has 18 heavy (non-hydrogen) atoms. The van der Waals surface area contributed by atoms with E-state index in [1.165, 1.54) is 6.07 Å². The van der Waals surface area contributed by atoms with Crippen molar-refractivity contribution in [3.63, 3.8) is 0 Å². The number of hydrogen-bond donors (Lipinski definition) is 2. The van der Waals surface area contributed by atoms with Crippen molar-refractivity contribution in [2.75, 3.05) is 0 Å². The summed E-state index contributed by atoms with van der Waals surface area (Å²) in [4.78, 5) is 0. The minimum atomic E-state index is -0.465. The van der Waals surface area contributed by atoms with Crippen LogP contribution in [0.2, 0.25) is 0 Å². The second kappa shape index (κ2) is 5.18. The SMILES string of the molecule is CC(NC(C)c1cc(F)ccc1F)c1nn[nH]n1. The third-order valence-electron chi connectivity index (χ3n) is 2.67. The van der Waals surface area contributed by atoms with Gasteiger partial charge >= 0.3 is 0 Å². The summed E-state index contributed by atoms with van der Waals surface area (Å²) in [6.07, 6.45) is 0. The molecule has 7 heteroatoms. The second-order valence-electron chi connectivity index (χ2n) is 4.05. The zero-order valence-corrected chi connectivity index (χ0v) is 9.98. The first-order valence-electron chi connectivity index (χ1n) is 5.52. The lowest BCUT2D eigenvalue weighted by Gasteiger charge is -2.18. The molecule has 0 aliphatic carbocycles. The van der Waals surface area contributed by atoms with Crippen LogP contribution in [-0.4, -0.2) is 20.6 Å². The summed E-state index contributed by atoms with van der Waals surface area (Å²) >= 11 is 0. The van der Waals surface area contributed by atoms with Crippen LogP contribution in [0.15, 0.2) is 18.2 Å². The highest BCUT2D eigenvalue weighted by atomic mass is 19.1. The highest BCUT2D eigenvalue weighted by Crippen LogP contribution is 2.20. The highest BCUT2D eigenvalue weighted by Gasteiger charge is 2.17. The van der Waals surface area contributed by atoms with Crippen molar-refractivity contribution in [3.05, 3.63) is 41.2 Å². The molecule has 0 amide bonds. The van der Waals surface area contributed by atoms with E-state index in [1.54, 1.807) is 6.92 Å². The lowest BCUT2D eigenvalue weighted by atomic mass is 10.1. The van der Waals surface area contributed by atoms with Crippen LogP contribution in [-0.2, 0) is 0 Å². The van der Waals surface area contributed by atoms with Gasteiger partial charge in [0.2, 0.25) is 0 Å². The van der Waals surface area contributed by atoms with Gasteiger partial charge in [0, 0.05) is 11.6 Å². The molecular formula is C11H13F2N5. The first-order valence-corrected chi connectivity index (χ1v) is 5.52. The Balaban J connectivity index is 2.12. The van der Waals surface area contributed by atoms with Crippen molar-refractivity contribution >= 4 is 0 Å². The van der Waals surface area contributed by atoms with Gasteiger partial charge in [-0.05, 0) is 32.0 Å². The quantitative estimate of drug-likeness (QED) is 0.873. The number of nitrogens with one attached hydrogen (secondary N) is 2. The van der Waals surface area contributed by atoms with E-state index in [0.29, 0.717) is 5.82 Å². The maximum absolute atomic E-state index is 13.6. The molecule has 96 valence electrons. The largest absolute Gasteiger partial charge is 0.301 e. The van der Waals surface area contributed by atoms with Crippen LogP contribution in [0.5, 0.6) is 0 Å². The Kier molecular flexibility index (Phi) is 3.61. The first-order chi connectivity index (χ1) is 8.58. The summed E-state index contributed by atoms with van der Waals surface area (Å²) in [6, 6.07) is 2.79. The zero-order chi connectivity index (χ0) is 13.1. The molecule has 0 spiro atoms. The number of aromatic amines is 1. The van der Waals surface area contributed by atoms with Crippen LogP contribution >= 0.6 is 0 Å². The lowest BCUT2D eigenvalue weighted by Crippen LogP contribution is -2.24. The molecular weight excluding hydrogens is 240 g/mol. The van der Waals surface area contributed by atoms with E-state index in [-0.39, 0.29) is 17.6 Å². The van der Waals surface area contributed by atoms with Crippen molar-refractivity contribution in [2.24, 2.45) is 0 Å². The van der Waals surface area contributed by atoms with Crippen molar-refractivity contribution in [1.29, 1.82) is 0 Å². The summed E-state index contributed by atoms with van der Waals surface area (Å²) in [5, 5.41) is 16.5. The number of rotatable bonds is 4. The van der Waals surface area contributed by atoms with Crippen LogP contribution in [0.1, 0.15) is 37.3 Å². The van der Waals surface area contributed by atoms with Crippen LogP contribution in [0, 0.1) is 11.6 Å². The van der Waals surface area contributed by atoms with Crippen molar-refractivity contribution in [2.45, 2.75) is 25.9 Å². The van der Waals surface area contributed by atoms with Gasteiger partial charge in [0.25, 0.3) is 0 Å². The maximum Gasteiger partial charge on any atom is 0.191 e. The lowest BCUT2D eigenvalue weighted by molar-refractivity contribution is 0.456. The van der Waals surface area contributed by atoms with Crippen molar-refractivity contribution in [1.82, 2.24) is 25.9 Å². The average Bonchev–Trinajstić information content (AvgIpc) is 2.85. The molecule has 1 aromatic heterocycles. The highest BCUT2D eigenvalue weighted by molar-refractivity contribution is 5.22. The Morgan fingerprint density at radius 3 is 2.67 bits per heavy atom.